The molecule has 0 amide bonds. The number of rotatable bonds is 4. The van der Waals surface area contributed by atoms with Crippen LogP contribution < -0.4 is 4.74 Å². The van der Waals surface area contributed by atoms with Gasteiger partial charge in [0.2, 0.25) is 0 Å². The highest BCUT2D eigenvalue weighted by Gasteiger charge is 2.08. The Morgan fingerprint density at radius 2 is 2.14 bits per heavy atom. The molecule has 3 aromatic heterocycles. The molecular formula is C15H15N5O2. The van der Waals surface area contributed by atoms with Crippen molar-refractivity contribution in [2.75, 3.05) is 7.11 Å². The van der Waals surface area contributed by atoms with Crippen LogP contribution in [0.15, 0.2) is 36.9 Å². The zero-order valence-corrected chi connectivity index (χ0v) is 12.3. The lowest BCUT2D eigenvalue weighted by Crippen LogP contribution is -1.97. The third-order valence-electron chi connectivity index (χ3n) is 3.17. The molecule has 0 aliphatic rings. The van der Waals surface area contributed by atoms with Crippen LogP contribution in [0.2, 0.25) is 0 Å². The fourth-order valence-electron chi connectivity index (χ4n) is 2.10. The number of hydrogen-bond donors (Lipinski definition) is 1. The summed E-state index contributed by atoms with van der Waals surface area (Å²) in [4.78, 5) is 12.7. The summed E-state index contributed by atoms with van der Waals surface area (Å²) in [6.45, 7) is 0. The van der Waals surface area contributed by atoms with Crippen LogP contribution in [0.5, 0.6) is 11.6 Å². The molecule has 3 rings (SSSR count). The molecule has 3 heterocycles. The third-order valence-corrected chi connectivity index (χ3v) is 3.17. The van der Waals surface area contributed by atoms with Gasteiger partial charge in [0.15, 0.2) is 11.6 Å². The second-order valence-corrected chi connectivity index (χ2v) is 4.82. The average Bonchev–Trinajstić information content (AvgIpc) is 2.96. The number of nitrogens with zero attached hydrogens (tertiary/aromatic N) is 5. The number of hydrogen-bond acceptors (Lipinski definition) is 6. The average molecular weight is 297 g/mol. The first kappa shape index (κ1) is 14.0. The Hall–Kier alpha value is -2.96. The van der Waals surface area contributed by atoms with E-state index in [4.69, 9.17) is 4.74 Å². The predicted molar refractivity (Wildman–Crippen MR) is 79.5 cm³/mol. The highest BCUT2D eigenvalue weighted by molar-refractivity contribution is 5.52. The molecule has 0 unspecified atom stereocenters. The zero-order valence-electron chi connectivity index (χ0n) is 12.3. The Labute approximate surface area is 127 Å². The van der Waals surface area contributed by atoms with Crippen LogP contribution in [0.4, 0.5) is 0 Å². The molecule has 112 valence electrons. The molecular weight excluding hydrogens is 282 g/mol. The van der Waals surface area contributed by atoms with E-state index in [1.54, 1.807) is 29.3 Å². The molecule has 1 N–H and O–H groups in total. The van der Waals surface area contributed by atoms with E-state index >= 15 is 0 Å². The lowest BCUT2D eigenvalue weighted by Gasteiger charge is -2.06. The second-order valence-electron chi connectivity index (χ2n) is 4.82. The van der Waals surface area contributed by atoms with Gasteiger partial charge in [0, 0.05) is 37.8 Å². The van der Waals surface area contributed by atoms with E-state index in [-0.39, 0.29) is 5.88 Å². The second kappa shape index (κ2) is 5.80. The number of aromatic hydroxyl groups is 1. The van der Waals surface area contributed by atoms with Crippen molar-refractivity contribution in [1.82, 2.24) is 24.7 Å². The minimum atomic E-state index is -0.120. The SMILES string of the molecule is COc1cc(Cc2ccnc(-c3cnn(C)c3)n2)cnc1O. The molecule has 0 atom stereocenters. The van der Waals surface area contributed by atoms with Crippen molar-refractivity contribution in [3.05, 3.63) is 48.2 Å². The van der Waals surface area contributed by atoms with E-state index in [1.165, 1.54) is 7.11 Å². The van der Waals surface area contributed by atoms with Crippen LogP contribution in [0, 0.1) is 0 Å². The van der Waals surface area contributed by atoms with Gasteiger partial charge in [0.25, 0.3) is 5.88 Å². The van der Waals surface area contributed by atoms with Gasteiger partial charge in [-0.2, -0.15) is 5.10 Å². The highest BCUT2D eigenvalue weighted by Crippen LogP contribution is 2.24. The van der Waals surface area contributed by atoms with Gasteiger partial charge in [-0.05, 0) is 17.7 Å². The molecule has 0 spiro atoms. The molecule has 7 nitrogen and oxygen atoms in total. The normalized spacial score (nSPS) is 10.6. The molecule has 7 heteroatoms. The lowest BCUT2D eigenvalue weighted by molar-refractivity contribution is 0.362. The lowest BCUT2D eigenvalue weighted by atomic mass is 10.1. The van der Waals surface area contributed by atoms with Gasteiger partial charge >= 0.3 is 0 Å². The first-order chi connectivity index (χ1) is 10.7. The maximum Gasteiger partial charge on any atom is 0.254 e. The van der Waals surface area contributed by atoms with Crippen molar-refractivity contribution in [2.45, 2.75) is 6.42 Å². The molecule has 3 aromatic rings. The first-order valence-electron chi connectivity index (χ1n) is 6.68. The monoisotopic (exact) mass is 297 g/mol. The van der Waals surface area contributed by atoms with E-state index in [1.807, 2.05) is 19.3 Å². The van der Waals surface area contributed by atoms with Crippen molar-refractivity contribution in [3.8, 4) is 23.0 Å². The molecule has 0 radical (unpaired) electrons. The van der Waals surface area contributed by atoms with Crippen LogP contribution in [0.25, 0.3) is 11.4 Å². The first-order valence-corrected chi connectivity index (χ1v) is 6.68. The molecule has 0 aliphatic heterocycles. The number of ether oxygens (including phenoxy) is 1. The fraction of sp³-hybridized carbons (Fsp3) is 0.200. The fourth-order valence-corrected chi connectivity index (χ4v) is 2.10. The summed E-state index contributed by atoms with van der Waals surface area (Å²) >= 11 is 0. The third kappa shape index (κ3) is 2.88. The summed E-state index contributed by atoms with van der Waals surface area (Å²) in [5.41, 5.74) is 2.61. The maximum atomic E-state index is 9.53. The quantitative estimate of drug-likeness (QED) is 0.787. The summed E-state index contributed by atoms with van der Waals surface area (Å²) in [6, 6.07) is 3.59. The molecule has 0 bridgehead atoms. The maximum absolute atomic E-state index is 9.53. The van der Waals surface area contributed by atoms with E-state index in [0.717, 1.165) is 16.8 Å². The van der Waals surface area contributed by atoms with Crippen molar-refractivity contribution in [1.29, 1.82) is 0 Å². The number of pyridine rings is 1. The van der Waals surface area contributed by atoms with Crippen molar-refractivity contribution in [2.24, 2.45) is 7.05 Å². The van der Waals surface area contributed by atoms with Crippen molar-refractivity contribution >= 4 is 0 Å². The molecule has 0 fully saturated rings. The van der Waals surface area contributed by atoms with E-state index in [9.17, 15) is 5.11 Å². The Morgan fingerprint density at radius 1 is 1.27 bits per heavy atom. The number of methoxy groups -OCH3 is 1. The van der Waals surface area contributed by atoms with E-state index in [2.05, 4.69) is 20.1 Å². The summed E-state index contributed by atoms with van der Waals surface area (Å²) in [7, 11) is 3.34. The van der Waals surface area contributed by atoms with E-state index in [0.29, 0.717) is 18.0 Å². The zero-order chi connectivity index (χ0) is 15.5. The molecule has 22 heavy (non-hydrogen) atoms. The smallest absolute Gasteiger partial charge is 0.254 e. The summed E-state index contributed by atoms with van der Waals surface area (Å²) < 4.78 is 6.77. The molecule has 0 aliphatic carbocycles. The minimum Gasteiger partial charge on any atom is -0.491 e. The Morgan fingerprint density at radius 3 is 2.86 bits per heavy atom. The number of aromatic nitrogens is 5. The van der Waals surface area contributed by atoms with Gasteiger partial charge in [-0.25, -0.2) is 15.0 Å². The van der Waals surface area contributed by atoms with Crippen LogP contribution >= 0.6 is 0 Å². The van der Waals surface area contributed by atoms with Crippen molar-refractivity contribution in [3.63, 3.8) is 0 Å². The standard InChI is InChI=1S/C15H15N5O2/c1-20-9-11(8-18-20)14-16-4-3-12(19-14)5-10-6-13(22-2)15(21)17-7-10/h3-4,6-9H,5H2,1-2H3,(H,17,21). The van der Waals surface area contributed by atoms with Crippen molar-refractivity contribution < 1.29 is 9.84 Å². The number of aryl methyl sites for hydroxylation is 1. The van der Waals surface area contributed by atoms with Gasteiger partial charge < -0.3 is 9.84 Å². The predicted octanol–water partition coefficient (Wildman–Crippen LogP) is 1.58. The van der Waals surface area contributed by atoms with Crippen LogP contribution in [0.3, 0.4) is 0 Å². The molecule has 0 aromatic carbocycles. The Kier molecular flexibility index (Phi) is 3.69. The molecule has 0 saturated heterocycles. The Bertz CT molecular complexity index is 800. The minimum absolute atomic E-state index is 0.120. The largest absolute Gasteiger partial charge is 0.491 e. The highest BCUT2D eigenvalue weighted by atomic mass is 16.5. The van der Waals surface area contributed by atoms with Gasteiger partial charge in [0.05, 0.1) is 18.9 Å². The van der Waals surface area contributed by atoms with Crippen LogP contribution in [0.1, 0.15) is 11.3 Å². The summed E-state index contributed by atoms with van der Waals surface area (Å²) in [5.74, 6) is 0.855. The molecule has 0 saturated carbocycles. The van der Waals surface area contributed by atoms with Gasteiger partial charge in [0.1, 0.15) is 0 Å². The summed E-state index contributed by atoms with van der Waals surface area (Å²) in [5, 5.41) is 13.6. The van der Waals surface area contributed by atoms with Crippen LogP contribution in [-0.2, 0) is 13.5 Å². The van der Waals surface area contributed by atoms with Crippen LogP contribution in [-0.4, -0.2) is 36.9 Å². The van der Waals surface area contributed by atoms with Gasteiger partial charge in [-0.1, -0.05) is 0 Å². The van der Waals surface area contributed by atoms with Gasteiger partial charge in [-0.15, -0.1) is 0 Å². The summed E-state index contributed by atoms with van der Waals surface area (Å²) in [6.07, 6.45) is 7.48. The van der Waals surface area contributed by atoms with Gasteiger partial charge in [-0.3, -0.25) is 4.68 Å². The van der Waals surface area contributed by atoms with E-state index < -0.39 is 0 Å². The Balaban J connectivity index is 1.87. The topological polar surface area (TPSA) is 86.0 Å².